The molecule has 0 unspecified atom stereocenters. The minimum atomic E-state index is -2.02. The van der Waals surface area contributed by atoms with Crippen LogP contribution in [0.5, 0.6) is 0 Å². The Labute approximate surface area is 178 Å². The second-order valence-electron chi connectivity index (χ2n) is 6.84. The lowest BCUT2D eigenvalue weighted by Gasteiger charge is -2.40. The van der Waals surface area contributed by atoms with Crippen molar-refractivity contribution >= 4 is 29.5 Å². The normalized spacial score (nSPS) is 20.0. The molecule has 1 aromatic carbocycles. The maximum Gasteiger partial charge on any atom is 0.339 e. The molecule has 0 radical (unpaired) electrons. The van der Waals surface area contributed by atoms with Gasteiger partial charge in [0, 0.05) is 11.3 Å². The first kappa shape index (κ1) is 21.9. The average molecular weight is 429 g/mol. The second-order valence-corrected chi connectivity index (χ2v) is 6.84. The second kappa shape index (κ2) is 8.13. The smallest absolute Gasteiger partial charge is 0.339 e. The first-order chi connectivity index (χ1) is 14.7. The molecular weight excluding hydrogens is 406 g/mol. The molecule has 0 aliphatic carbocycles. The fourth-order valence-electron chi connectivity index (χ4n) is 4.01. The van der Waals surface area contributed by atoms with Crippen molar-refractivity contribution in [2.24, 2.45) is 11.5 Å². The topological polar surface area (TPSA) is 151 Å². The molecule has 2 heterocycles. The highest BCUT2D eigenvalue weighted by Gasteiger charge is 2.63. The van der Waals surface area contributed by atoms with Gasteiger partial charge in [0.05, 0.1) is 13.2 Å². The van der Waals surface area contributed by atoms with Crippen molar-refractivity contribution in [3.05, 3.63) is 52.6 Å². The molecule has 1 spiro atoms. The van der Waals surface area contributed by atoms with E-state index in [9.17, 15) is 19.2 Å². The van der Waals surface area contributed by atoms with Crippen LogP contribution in [0.1, 0.15) is 26.3 Å². The highest BCUT2D eigenvalue weighted by molar-refractivity contribution is 6.16. The summed E-state index contributed by atoms with van der Waals surface area (Å²) in [6, 6.07) is 6.42. The van der Waals surface area contributed by atoms with Crippen molar-refractivity contribution in [2.75, 3.05) is 24.7 Å². The van der Waals surface area contributed by atoms with E-state index in [1.54, 1.807) is 38.1 Å². The first-order valence-corrected chi connectivity index (χ1v) is 9.65. The minimum Gasteiger partial charge on any atom is -0.462 e. The van der Waals surface area contributed by atoms with Crippen LogP contribution < -0.4 is 16.4 Å². The van der Waals surface area contributed by atoms with Crippen LogP contribution in [0, 0.1) is 0 Å². The van der Waals surface area contributed by atoms with Crippen molar-refractivity contribution in [3.63, 3.8) is 0 Å². The molecular formula is C21H23N3O7. The summed E-state index contributed by atoms with van der Waals surface area (Å²) < 4.78 is 15.7. The summed E-state index contributed by atoms with van der Waals surface area (Å²) in [6.45, 7) is 4.26. The highest BCUT2D eigenvalue weighted by Crippen LogP contribution is 2.54. The number of hydrogen-bond acceptors (Lipinski definition) is 9. The van der Waals surface area contributed by atoms with Gasteiger partial charge in [-0.15, -0.1) is 0 Å². The lowest BCUT2D eigenvalue weighted by Crippen LogP contribution is -2.52. The van der Waals surface area contributed by atoms with Gasteiger partial charge in [-0.1, -0.05) is 18.2 Å². The molecule has 10 nitrogen and oxygen atoms in total. The Balaban J connectivity index is 2.44. The molecule has 10 heteroatoms. The maximum atomic E-state index is 13.4. The van der Waals surface area contributed by atoms with Gasteiger partial charge in [-0.05, 0) is 26.8 Å². The van der Waals surface area contributed by atoms with Gasteiger partial charge in [0.2, 0.25) is 5.91 Å². The van der Waals surface area contributed by atoms with Crippen molar-refractivity contribution in [1.29, 1.82) is 0 Å². The fraction of sp³-hybridized carbons (Fsp3) is 0.333. The number of anilines is 1. The van der Waals surface area contributed by atoms with Gasteiger partial charge < -0.3 is 30.6 Å². The third-order valence-corrected chi connectivity index (χ3v) is 5.07. The molecule has 1 amide bonds. The number of hydrogen-bond donors (Lipinski definition) is 2. The predicted octanol–water partition coefficient (Wildman–Crippen LogP) is 0.357. The Morgan fingerprint density at radius 1 is 1.06 bits per heavy atom. The number of nitrogens with two attached hydrogens (primary N) is 2. The molecule has 2 aliphatic heterocycles. The van der Waals surface area contributed by atoms with Gasteiger partial charge in [-0.2, -0.15) is 0 Å². The van der Waals surface area contributed by atoms with E-state index in [4.69, 9.17) is 25.7 Å². The van der Waals surface area contributed by atoms with Crippen LogP contribution in [0.4, 0.5) is 5.69 Å². The van der Waals surface area contributed by atoms with E-state index in [1.807, 2.05) is 0 Å². The van der Waals surface area contributed by atoms with Gasteiger partial charge in [-0.3, -0.25) is 4.79 Å². The van der Waals surface area contributed by atoms with E-state index >= 15 is 0 Å². The first-order valence-electron chi connectivity index (χ1n) is 9.65. The van der Waals surface area contributed by atoms with Crippen LogP contribution in [0.2, 0.25) is 0 Å². The van der Waals surface area contributed by atoms with E-state index in [0.717, 1.165) is 0 Å². The minimum absolute atomic E-state index is 0.0174. The van der Waals surface area contributed by atoms with Gasteiger partial charge in [0.1, 0.15) is 29.3 Å². The number of carbonyl (C=O) groups is 4. The Morgan fingerprint density at radius 2 is 1.65 bits per heavy atom. The number of para-hydroxylation sites is 1. The van der Waals surface area contributed by atoms with E-state index in [-0.39, 0.29) is 48.0 Å². The third kappa shape index (κ3) is 3.20. The number of benzene rings is 1. The van der Waals surface area contributed by atoms with Crippen LogP contribution in [-0.2, 0) is 38.8 Å². The molecule has 0 fully saturated rings. The number of allylic oxidation sites excluding steroid dienone is 1. The van der Waals surface area contributed by atoms with Crippen molar-refractivity contribution in [3.8, 4) is 0 Å². The zero-order valence-electron chi connectivity index (χ0n) is 17.4. The molecule has 3 rings (SSSR count). The number of fused-ring (bicyclic) bond motifs is 2. The number of ether oxygens (including phenoxy) is 3. The Bertz CT molecular complexity index is 1040. The number of cyclic esters (lactones) is 1. The summed E-state index contributed by atoms with van der Waals surface area (Å²) in [5.74, 6) is -3.65. The number of carbonyl (C=O) groups excluding carboxylic acids is 4. The maximum absolute atomic E-state index is 13.4. The number of esters is 3. The summed E-state index contributed by atoms with van der Waals surface area (Å²) in [5.41, 5.74) is 9.73. The third-order valence-electron chi connectivity index (χ3n) is 5.07. The van der Waals surface area contributed by atoms with Gasteiger partial charge in [0.25, 0.3) is 0 Å². The van der Waals surface area contributed by atoms with E-state index in [0.29, 0.717) is 5.69 Å². The van der Waals surface area contributed by atoms with E-state index in [1.165, 1.54) is 11.8 Å². The van der Waals surface area contributed by atoms with Gasteiger partial charge >= 0.3 is 17.9 Å². The lowest BCUT2D eigenvalue weighted by molar-refractivity contribution is -0.147. The van der Waals surface area contributed by atoms with E-state index < -0.39 is 29.2 Å². The van der Waals surface area contributed by atoms with Crippen LogP contribution in [-0.4, -0.2) is 43.6 Å². The molecule has 0 saturated carbocycles. The molecule has 1 aromatic rings. The lowest BCUT2D eigenvalue weighted by atomic mass is 9.66. The predicted molar refractivity (Wildman–Crippen MR) is 108 cm³/mol. The highest BCUT2D eigenvalue weighted by atomic mass is 16.6. The zero-order valence-corrected chi connectivity index (χ0v) is 17.4. The SMILES string of the molecule is CCOC(=O)C1=C(C)OC(=O)[C@@]12C(C(=O)OCC)=C(N)N(CC(N)=O)c1ccccc12. The Hall–Kier alpha value is -3.82. The fourth-order valence-corrected chi connectivity index (χ4v) is 4.01. The van der Waals surface area contributed by atoms with Crippen LogP contribution in [0.25, 0.3) is 0 Å². The summed E-state index contributed by atoms with van der Waals surface area (Å²) >= 11 is 0. The number of nitrogens with zero attached hydrogens (tertiary/aromatic N) is 1. The van der Waals surface area contributed by atoms with Crippen LogP contribution in [0.3, 0.4) is 0 Å². The van der Waals surface area contributed by atoms with Crippen molar-refractivity contribution in [2.45, 2.75) is 26.2 Å². The number of primary amides is 1. The van der Waals surface area contributed by atoms with Crippen LogP contribution >= 0.6 is 0 Å². The number of amides is 1. The molecule has 0 aromatic heterocycles. The largest absolute Gasteiger partial charge is 0.462 e. The zero-order chi connectivity index (χ0) is 22.9. The monoisotopic (exact) mass is 429 g/mol. The van der Waals surface area contributed by atoms with Crippen LogP contribution in [0.15, 0.2) is 47.0 Å². The van der Waals surface area contributed by atoms with E-state index in [2.05, 4.69) is 0 Å². The molecule has 164 valence electrons. The number of rotatable bonds is 6. The van der Waals surface area contributed by atoms with Crippen molar-refractivity contribution in [1.82, 2.24) is 0 Å². The molecule has 0 bridgehead atoms. The Morgan fingerprint density at radius 3 is 2.23 bits per heavy atom. The summed E-state index contributed by atoms with van der Waals surface area (Å²) in [4.78, 5) is 52.4. The summed E-state index contributed by atoms with van der Waals surface area (Å²) in [7, 11) is 0. The van der Waals surface area contributed by atoms with Crippen molar-refractivity contribution < 1.29 is 33.4 Å². The summed E-state index contributed by atoms with van der Waals surface area (Å²) in [6.07, 6.45) is 0. The molecule has 4 N–H and O–H groups in total. The molecule has 31 heavy (non-hydrogen) atoms. The molecule has 2 aliphatic rings. The van der Waals surface area contributed by atoms with Gasteiger partial charge in [-0.25, -0.2) is 14.4 Å². The molecule has 0 saturated heterocycles. The standard InChI is InChI=1S/C21H23N3O7/c1-4-29-18(26)15-11(3)31-20(28)21(15)12-8-6-7-9-13(12)24(10-14(22)25)17(23)16(21)19(27)30-5-2/h6-9H,4-5,10,23H2,1-3H3,(H2,22,25)/t21-/m1/s1. The summed E-state index contributed by atoms with van der Waals surface area (Å²) in [5, 5.41) is 0. The Kier molecular flexibility index (Phi) is 5.74. The average Bonchev–Trinajstić information content (AvgIpc) is 2.96. The van der Waals surface area contributed by atoms with Gasteiger partial charge in [0.15, 0.2) is 5.41 Å². The molecule has 1 atom stereocenters. The quantitative estimate of drug-likeness (QED) is 0.482.